The molecule has 3 rings (SSSR count). The summed E-state index contributed by atoms with van der Waals surface area (Å²) in [5, 5.41) is 8.76. The zero-order chi connectivity index (χ0) is 11.0. The summed E-state index contributed by atoms with van der Waals surface area (Å²) in [6, 6.07) is 9.61. The molecule has 0 aliphatic carbocycles. The first-order valence-corrected chi connectivity index (χ1v) is 5.52. The number of rotatable bonds is 1. The van der Waals surface area contributed by atoms with E-state index in [2.05, 4.69) is 10.9 Å². The van der Waals surface area contributed by atoms with Crippen molar-refractivity contribution in [2.45, 2.75) is 0 Å². The molecule has 0 atom stereocenters. The molecule has 0 amide bonds. The normalized spacial score (nSPS) is 22.9. The summed E-state index contributed by atoms with van der Waals surface area (Å²) in [6.07, 6.45) is 0. The van der Waals surface area contributed by atoms with Crippen molar-refractivity contribution in [1.82, 2.24) is 4.81 Å². The van der Waals surface area contributed by atoms with Crippen molar-refractivity contribution in [2.24, 2.45) is 0 Å². The van der Waals surface area contributed by atoms with Gasteiger partial charge < -0.3 is 14.1 Å². The minimum absolute atomic E-state index is 0.665. The Morgan fingerprint density at radius 3 is 2.31 bits per heavy atom. The summed E-state index contributed by atoms with van der Waals surface area (Å²) in [5.41, 5.74) is 1.70. The van der Waals surface area contributed by atoms with Gasteiger partial charge in [0.25, 0.3) is 0 Å². The molecule has 16 heavy (non-hydrogen) atoms. The van der Waals surface area contributed by atoms with Crippen molar-refractivity contribution in [3.63, 3.8) is 0 Å². The maximum absolute atomic E-state index is 8.76. The highest BCUT2D eigenvalue weighted by Crippen LogP contribution is 2.24. The second-order valence-corrected chi connectivity index (χ2v) is 4.18. The molecule has 1 aromatic carbocycles. The first-order valence-electron chi connectivity index (χ1n) is 5.52. The quantitative estimate of drug-likeness (QED) is 0.621. The summed E-state index contributed by atoms with van der Waals surface area (Å²) in [5.74, 6) is 0. The molecule has 0 aromatic heterocycles. The van der Waals surface area contributed by atoms with Crippen molar-refractivity contribution in [3.8, 4) is 6.07 Å². The highest BCUT2D eigenvalue weighted by molar-refractivity contribution is 6.79. The van der Waals surface area contributed by atoms with Gasteiger partial charge in [0.05, 0.1) is 11.6 Å². The van der Waals surface area contributed by atoms with Crippen molar-refractivity contribution in [3.05, 3.63) is 29.8 Å². The van der Waals surface area contributed by atoms with E-state index in [1.54, 1.807) is 0 Å². The van der Waals surface area contributed by atoms with E-state index < -0.39 is 6.69 Å². The predicted octanol–water partition coefficient (Wildman–Crippen LogP) is 0.0666. The van der Waals surface area contributed by atoms with Crippen LogP contribution in [0.5, 0.6) is 0 Å². The standard InChI is InChI=1S/C11H12BN2O2/c13-9-10-1-3-11(4-2-10)12-14(5-7-15-12)6-8-16-12/h1-4H,5-8H2/q-1. The molecule has 0 radical (unpaired) electrons. The fourth-order valence-corrected chi connectivity index (χ4v) is 2.57. The van der Waals surface area contributed by atoms with Gasteiger partial charge in [-0.25, -0.2) is 0 Å². The van der Waals surface area contributed by atoms with Gasteiger partial charge in [0.2, 0.25) is 0 Å². The number of nitrogens with zero attached hydrogens (tertiary/aromatic N) is 2. The summed E-state index contributed by atoms with van der Waals surface area (Å²) in [6.45, 7) is 1.90. The fraction of sp³-hybridized carbons (Fsp3) is 0.364. The molecule has 2 fully saturated rings. The van der Waals surface area contributed by atoms with E-state index in [0.29, 0.717) is 5.56 Å². The molecule has 0 N–H and O–H groups in total. The second-order valence-electron chi connectivity index (χ2n) is 4.18. The molecule has 5 heteroatoms. The number of hydrogen-bond donors (Lipinski definition) is 0. The fourth-order valence-electron chi connectivity index (χ4n) is 2.57. The Kier molecular flexibility index (Phi) is 2.21. The van der Waals surface area contributed by atoms with Crippen LogP contribution >= 0.6 is 0 Å². The molecule has 1 aromatic rings. The second kappa shape index (κ2) is 3.60. The number of fused-ring (bicyclic) bond motifs is 1. The molecule has 0 bridgehead atoms. The summed E-state index contributed by atoms with van der Waals surface area (Å²) >= 11 is 0. The summed E-state index contributed by atoms with van der Waals surface area (Å²) < 4.78 is 11.6. The molecule has 0 unspecified atom stereocenters. The van der Waals surface area contributed by atoms with E-state index in [9.17, 15) is 0 Å². The van der Waals surface area contributed by atoms with Crippen LogP contribution in [0.25, 0.3) is 0 Å². The van der Waals surface area contributed by atoms with Gasteiger partial charge in [-0.1, -0.05) is 12.1 Å². The van der Waals surface area contributed by atoms with Crippen LogP contribution in [0.3, 0.4) is 0 Å². The van der Waals surface area contributed by atoms with Gasteiger partial charge in [0, 0.05) is 13.2 Å². The molecule has 2 saturated heterocycles. The zero-order valence-corrected chi connectivity index (χ0v) is 8.93. The highest BCUT2D eigenvalue weighted by atomic mass is 16.6. The van der Waals surface area contributed by atoms with Crippen LogP contribution in [0.15, 0.2) is 24.3 Å². The average molecular weight is 215 g/mol. The van der Waals surface area contributed by atoms with Crippen LogP contribution in [-0.2, 0) is 9.31 Å². The maximum atomic E-state index is 8.76. The van der Waals surface area contributed by atoms with Gasteiger partial charge in [-0.3, -0.25) is 0 Å². The molecule has 82 valence electrons. The van der Waals surface area contributed by atoms with Crippen molar-refractivity contribution in [1.29, 1.82) is 5.26 Å². The third-order valence-electron chi connectivity index (χ3n) is 3.39. The number of nitriles is 1. The van der Waals surface area contributed by atoms with Gasteiger partial charge in [0.15, 0.2) is 0 Å². The van der Waals surface area contributed by atoms with Crippen molar-refractivity contribution < 1.29 is 9.31 Å². The summed E-state index contributed by atoms with van der Waals surface area (Å²) in [7, 11) is 0. The van der Waals surface area contributed by atoms with Crippen LogP contribution in [0.2, 0.25) is 0 Å². The van der Waals surface area contributed by atoms with Crippen LogP contribution in [-0.4, -0.2) is 37.8 Å². The molecule has 2 heterocycles. The van der Waals surface area contributed by atoms with E-state index in [0.717, 1.165) is 31.8 Å². The SMILES string of the molecule is N#Cc1ccc([B-]23OCCN2CCO3)cc1. The number of hydrogen-bond acceptors (Lipinski definition) is 4. The summed E-state index contributed by atoms with van der Waals surface area (Å²) in [4.78, 5) is 2.25. The lowest BCUT2D eigenvalue weighted by Crippen LogP contribution is -2.57. The molecule has 4 nitrogen and oxygen atoms in total. The smallest absolute Gasteiger partial charge is 0.347 e. The first kappa shape index (κ1) is 9.85. The lowest BCUT2D eigenvalue weighted by molar-refractivity contribution is 0.232. The third-order valence-corrected chi connectivity index (χ3v) is 3.39. The van der Waals surface area contributed by atoms with E-state index in [1.165, 1.54) is 0 Å². The van der Waals surface area contributed by atoms with Gasteiger partial charge in [-0.2, -0.15) is 5.26 Å². The maximum Gasteiger partial charge on any atom is 0.347 e. The Morgan fingerprint density at radius 1 is 1.12 bits per heavy atom. The minimum atomic E-state index is -1.41. The van der Waals surface area contributed by atoms with E-state index in [-0.39, 0.29) is 0 Å². The highest BCUT2D eigenvalue weighted by Gasteiger charge is 2.43. The van der Waals surface area contributed by atoms with Crippen LogP contribution < -0.4 is 5.46 Å². The lowest BCUT2D eigenvalue weighted by Gasteiger charge is -2.37. The Balaban J connectivity index is 1.99. The van der Waals surface area contributed by atoms with E-state index in [4.69, 9.17) is 14.6 Å². The molecular formula is C11H12BN2O2-. The third kappa shape index (κ3) is 1.28. The lowest BCUT2D eigenvalue weighted by atomic mass is 9.63. The van der Waals surface area contributed by atoms with Gasteiger partial charge in [0.1, 0.15) is 0 Å². The van der Waals surface area contributed by atoms with Crippen LogP contribution in [0.1, 0.15) is 5.56 Å². The largest absolute Gasteiger partial charge is 0.550 e. The molecule has 2 aliphatic rings. The van der Waals surface area contributed by atoms with Crippen molar-refractivity contribution in [2.75, 3.05) is 26.3 Å². The Bertz CT molecular complexity index is 430. The Labute approximate surface area is 94.4 Å². The molecule has 2 aliphatic heterocycles. The van der Waals surface area contributed by atoms with Crippen molar-refractivity contribution >= 4 is 12.1 Å². The van der Waals surface area contributed by atoms with Gasteiger partial charge in [-0.05, 0) is 25.2 Å². The molecule has 0 spiro atoms. The number of benzene rings is 1. The van der Waals surface area contributed by atoms with E-state index >= 15 is 0 Å². The zero-order valence-electron chi connectivity index (χ0n) is 8.93. The predicted molar refractivity (Wildman–Crippen MR) is 60.0 cm³/mol. The molecular weight excluding hydrogens is 203 g/mol. The molecule has 0 saturated carbocycles. The van der Waals surface area contributed by atoms with Gasteiger partial charge >= 0.3 is 6.69 Å². The van der Waals surface area contributed by atoms with E-state index in [1.807, 2.05) is 24.3 Å². The first-order chi connectivity index (χ1) is 7.85. The topological polar surface area (TPSA) is 45.5 Å². The Morgan fingerprint density at radius 2 is 1.75 bits per heavy atom. The van der Waals surface area contributed by atoms with Gasteiger partial charge in [-0.15, -0.1) is 5.46 Å². The van der Waals surface area contributed by atoms with Crippen LogP contribution in [0.4, 0.5) is 0 Å². The average Bonchev–Trinajstić information content (AvgIpc) is 2.88. The van der Waals surface area contributed by atoms with Crippen LogP contribution in [0, 0.1) is 11.3 Å². The monoisotopic (exact) mass is 215 g/mol. The Hall–Kier alpha value is -1.35. The minimum Gasteiger partial charge on any atom is -0.550 e.